The molecule has 1 saturated heterocycles. The monoisotopic (exact) mass is 658 g/mol. The van der Waals surface area contributed by atoms with Gasteiger partial charge in [0.25, 0.3) is 5.91 Å². The largest absolute Gasteiger partial charge is 0.479 e. The number of benzene rings is 1. The minimum atomic E-state index is -1.46. The second kappa shape index (κ2) is 13.0. The van der Waals surface area contributed by atoms with Crippen molar-refractivity contribution < 1.29 is 33.8 Å². The van der Waals surface area contributed by atoms with Gasteiger partial charge in [-0.25, -0.2) is 9.59 Å². The summed E-state index contributed by atoms with van der Waals surface area (Å²) in [4.78, 5) is 68.0. The Kier molecular flexibility index (Phi) is 9.46. The number of hydrogen-bond donors (Lipinski definition) is 4. The van der Waals surface area contributed by atoms with Crippen LogP contribution in [-0.4, -0.2) is 75.6 Å². The van der Waals surface area contributed by atoms with Gasteiger partial charge in [0.15, 0.2) is 0 Å². The molecular weight excluding hydrogens is 620 g/mol. The van der Waals surface area contributed by atoms with Crippen molar-refractivity contribution in [3.8, 4) is 0 Å². The van der Waals surface area contributed by atoms with Crippen LogP contribution in [0.15, 0.2) is 36.4 Å². The predicted molar refractivity (Wildman–Crippen MR) is 170 cm³/mol. The number of carbonyl (C=O) groups is 5. The number of carboxylic acid groups (broad SMARTS) is 1. The third-order valence-corrected chi connectivity index (χ3v) is 10.1. The van der Waals surface area contributed by atoms with Crippen molar-refractivity contribution in [3.63, 3.8) is 0 Å². The number of carboxylic acids is 1. The summed E-state index contributed by atoms with van der Waals surface area (Å²) in [5.41, 5.74) is -2.24. The van der Waals surface area contributed by atoms with Crippen LogP contribution in [0, 0.1) is 5.92 Å². The summed E-state index contributed by atoms with van der Waals surface area (Å²) in [6.07, 6.45) is 6.64. The summed E-state index contributed by atoms with van der Waals surface area (Å²) < 4.78 is 6.27. The van der Waals surface area contributed by atoms with Crippen molar-refractivity contribution >= 4 is 62.8 Å². The molecule has 5 atom stereocenters. The van der Waals surface area contributed by atoms with Crippen molar-refractivity contribution in [3.05, 3.63) is 46.3 Å². The fraction of sp³-hybridized carbons (Fsp3) is 0.531. The molecular formula is C32H39ClN4O7S. The Bertz CT molecular complexity index is 1530. The molecule has 11 nitrogen and oxygen atoms in total. The zero-order chi connectivity index (χ0) is 32.5. The van der Waals surface area contributed by atoms with Crippen LogP contribution in [0.4, 0.5) is 4.79 Å². The Morgan fingerprint density at radius 2 is 1.89 bits per heavy atom. The number of hydrogen-bond acceptors (Lipinski definition) is 7. The minimum Gasteiger partial charge on any atom is -0.479 e. The summed E-state index contributed by atoms with van der Waals surface area (Å²) in [5, 5.41) is 19.5. The number of aliphatic carboxylic acids is 1. The molecule has 2 aliphatic heterocycles. The Labute approximate surface area is 270 Å². The van der Waals surface area contributed by atoms with Crippen molar-refractivity contribution in [2.24, 2.45) is 5.92 Å². The van der Waals surface area contributed by atoms with Crippen LogP contribution in [0.2, 0.25) is 5.02 Å². The summed E-state index contributed by atoms with van der Waals surface area (Å²) in [7, 11) is 0. The SMILES string of the molecule is CC(C)(C)OC(=O)N[C@H]1CCCCC/C=C\[C@@H]2C[C@@]2(C(=O)O)NC(=O)[C@@H]2C[C@@H](NC(=O)c3sc4ccccc4c3Cl)CN2C1=O. The van der Waals surface area contributed by atoms with E-state index < -0.39 is 59.0 Å². The molecule has 45 heavy (non-hydrogen) atoms. The second-order valence-electron chi connectivity index (χ2n) is 13.0. The number of alkyl carbamates (subject to hydrolysis) is 1. The number of nitrogens with zero attached hydrogens (tertiary/aromatic N) is 1. The van der Waals surface area contributed by atoms with Gasteiger partial charge in [0.05, 0.1) is 5.02 Å². The van der Waals surface area contributed by atoms with Gasteiger partial charge >= 0.3 is 12.1 Å². The van der Waals surface area contributed by atoms with E-state index in [-0.39, 0.29) is 25.3 Å². The van der Waals surface area contributed by atoms with Crippen molar-refractivity contribution in [1.82, 2.24) is 20.9 Å². The highest BCUT2D eigenvalue weighted by Gasteiger charge is 2.61. The lowest BCUT2D eigenvalue weighted by Gasteiger charge is -2.30. The quantitative estimate of drug-likeness (QED) is 0.349. The first-order valence-corrected chi connectivity index (χ1v) is 16.5. The van der Waals surface area contributed by atoms with Crippen LogP contribution in [0.5, 0.6) is 0 Å². The Morgan fingerprint density at radius 3 is 2.60 bits per heavy atom. The smallest absolute Gasteiger partial charge is 0.408 e. The van der Waals surface area contributed by atoms with Crippen LogP contribution in [-0.2, 0) is 19.1 Å². The van der Waals surface area contributed by atoms with Gasteiger partial charge in [-0.2, -0.15) is 0 Å². The highest BCUT2D eigenvalue weighted by Crippen LogP contribution is 2.45. The molecule has 1 saturated carbocycles. The molecule has 3 aliphatic rings. The first-order valence-electron chi connectivity index (χ1n) is 15.3. The molecule has 0 bridgehead atoms. The third kappa shape index (κ3) is 7.27. The van der Waals surface area contributed by atoms with Crippen molar-refractivity contribution in [2.45, 2.75) is 95.0 Å². The molecule has 0 unspecified atom stereocenters. The van der Waals surface area contributed by atoms with E-state index in [0.717, 1.165) is 29.3 Å². The highest BCUT2D eigenvalue weighted by molar-refractivity contribution is 7.21. The highest BCUT2D eigenvalue weighted by atomic mass is 35.5. The van der Waals surface area contributed by atoms with Crippen molar-refractivity contribution in [2.75, 3.05) is 6.54 Å². The van der Waals surface area contributed by atoms with Gasteiger partial charge in [-0.05, 0) is 58.9 Å². The number of ether oxygens (including phenoxy) is 1. The van der Waals surface area contributed by atoms with E-state index in [1.165, 1.54) is 16.2 Å². The Balaban J connectivity index is 1.42. The second-order valence-corrected chi connectivity index (χ2v) is 14.4. The van der Waals surface area contributed by atoms with E-state index in [0.29, 0.717) is 22.7 Å². The fourth-order valence-corrected chi connectivity index (χ4v) is 7.49. The van der Waals surface area contributed by atoms with Gasteiger partial charge in [-0.15, -0.1) is 11.3 Å². The Hall–Kier alpha value is -3.64. The number of thiophene rings is 1. The van der Waals surface area contributed by atoms with E-state index in [1.807, 2.05) is 36.4 Å². The molecule has 2 fully saturated rings. The maximum atomic E-state index is 14.1. The first-order chi connectivity index (χ1) is 21.3. The normalized spacial score (nSPS) is 28.1. The zero-order valence-corrected chi connectivity index (χ0v) is 27.1. The zero-order valence-electron chi connectivity index (χ0n) is 25.6. The average molecular weight is 659 g/mol. The lowest BCUT2D eigenvalue weighted by molar-refractivity contribution is -0.145. The van der Waals surface area contributed by atoms with Crippen LogP contribution in [0.25, 0.3) is 10.1 Å². The number of nitrogens with one attached hydrogen (secondary N) is 3. The van der Waals surface area contributed by atoms with Gasteiger partial charge in [-0.1, -0.05) is 54.8 Å². The van der Waals surface area contributed by atoms with Gasteiger partial charge in [0.2, 0.25) is 11.8 Å². The van der Waals surface area contributed by atoms with Gasteiger partial charge in [0.1, 0.15) is 28.1 Å². The summed E-state index contributed by atoms with van der Waals surface area (Å²) in [6, 6.07) is 4.70. The number of allylic oxidation sites excluding steroid dienone is 1. The van der Waals surface area contributed by atoms with E-state index >= 15 is 0 Å². The molecule has 0 spiro atoms. The standard InChI is InChI=1S/C32H39ClN4O7S/c1-31(2,3)44-30(43)35-21-13-8-6-4-5-7-11-18-16-32(18,29(41)42)36-26(38)22-15-19(17-37(22)28(21)40)34-27(39)25-24(33)20-12-9-10-14-23(20)45-25/h7,9-12,14,18-19,21-22H,4-6,8,13,15-17H2,1-3H3,(H,34,39)(H,35,43)(H,36,38)(H,41,42)/b11-7-/t18-,19-,21+,22+,32-/m1/s1. The van der Waals surface area contributed by atoms with Crippen LogP contribution in [0.1, 0.15) is 75.4 Å². The fourth-order valence-electron chi connectivity index (χ4n) is 6.07. The topological polar surface area (TPSA) is 154 Å². The van der Waals surface area contributed by atoms with Crippen molar-refractivity contribution in [1.29, 1.82) is 0 Å². The molecule has 13 heteroatoms. The summed E-state index contributed by atoms with van der Waals surface area (Å²) in [5.74, 6) is -3.05. The van der Waals surface area contributed by atoms with E-state index in [1.54, 1.807) is 20.8 Å². The van der Waals surface area contributed by atoms with Gasteiger partial charge < -0.3 is 30.7 Å². The molecule has 0 radical (unpaired) electrons. The Morgan fingerprint density at radius 1 is 1.13 bits per heavy atom. The average Bonchev–Trinajstić information content (AvgIpc) is 3.32. The molecule has 2 aromatic rings. The van der Waals surface area contributed by atoms with Crippen LogP contribution < -0.4 is 16.0 Å². The first kappa shape index (κ1) is 32.7. The van der Waals surface area contributed by atoms with E-state index in [4.69, 9.17) is 16.3 Å². The van der Waals surface area contributed by atoms with Gasteiger partial charge in [0, 0.05) is 28.6 Å². The predicted octanol–water partition coefficient (Wildman–Crippen LogP) is 4.63. The lowest BCUT2D eigenvalue weighted by atomic mass is 10.0. The molecule has 242 valence electrons. The number of halogens is 1. The number of fused-ring (bicyclic) bond motifs is 3. The number of carbonyl (C=O) groups excluding carboxylic acids is 4. The number of rotatable bonds is 4. The third-order valence-electron chi connectivity index (χ3n) is 8.43. The minimum absolute atomic E-state index is 0.0128. The maximum Gasteiger partial charge on any atom is 0.408 e. The molecule has 1 aromatic carbocycles. The van der Waals surface area contributed by atoms with E-state index in [9.17, 15) is 29.1 Å². The van der Waals surface area contributed by atoms with Crippen LogP contribution >= 0.6 is 22.9 Å². The maximum absolute atomic E-state index is 14.1. The lowest BCUT2D eigenvalue weighted by Crippen LogP contribution is -2.56. The number of amides is 4. The van der Waals surface area contributed by atoms with E-state index in [2.05, 4.69) is 16.0 Å². The molecule has 5 rings (SSSR count). The molecule has 1 aliphatic carbocycles. The summed E-state index contributed by atoms with van der Waals surface area (Å²) in [6.45, 7) is 5.15. The van der Waals surface area contributed by atoms with Crippen LogP contribution in [0.3, 0.4) is 0 Å². The molecule has 3 heterocycles. The molecule has 4 N–H and O–H groups in total. The molecule has 1 aromatic heterocycles. The summed E-state index contributed by atoms with van der Waals surface area (Å²) >= 11 is 7.79. The molecule has 4 amide bonds. The van der Waals surface area contributed by atoms with Gasteiger partial charge in [-0.3, -0.25) is 14.4 Å².